The predicted octanol–water partition coefficient (Wildman–Crippen LogP) is 1.31. The Labute approximate surface area is 68.4 Å². The van der Waals surface area contributed by atoms with Crippen molar-refractivity contribution in [1.29, 1.82) is 0 Å². The molecule has 0 aliphatic heterocycles. The molecule has 0 rings (SSSR count). The fourth-order valence-corrected chi connectivity index (χ4v) is 0.666. The molecule has 0 unspecified atom stereocenters. The molecule has 0 fully saturated rings. The molecule has 0 aromatic carbocycles. The van der Waals surface area contributed by atoms with Crippen molar-refractivity contribution in [3.05, 3.63) is 0 Å². The first-order valence-corrected chi connectivity index (χ1v) is 3.70. The van der Waals surface area contributed by atoms with E-state index in [0.717, 1.165) is 0 Å². The fourth-order valence-electron chi connectivity index (χ4n) is 0.666. The summed E-state index contributed by atoms with van der Waals surface area (Å²) in [6.07, 6.45) is 5.95. The van der Waals surface area contributed by atoms with Crippen molar-refractivity contribution in [2.24, 2.45) is 0 Å². The minimum atomic E-state index is -0.147. The van der Waals surface area contributed by atoms with Gasteiger partial charge in [-0.2, -0.15) is 0 Å². The highest BCUT2D eigenvalue weighted by atomic mass is 16.1. The van der Waals surface area contributed by atoms with Crippen LogP contribution in [0.1, 0.15) is 33.6 Å². The van der Waals surface area contributed by atoms with Gasteiger partial charge in [-0.05, 0) is 20.8 Å². The van der Waals surface area contributed by atoms with Gasteiger partial charge in [0.05, 0.1) is 0 Å². The third kappa shape index (κ3) is 6.92. The molecule has 11 heavy (non-hydrogen) atoms. The number of hydrogen-bond donors (Lipinski definition) is 1. The molecule has 0 saturated heterocycles. The third-order valence-corrected chi connectivity index (χ3v) is 1.01. The summed E-state index contributed by atoms with van der Waals surface area (Å²) in [4.78, 5) is 11.0. The van der Waals surface area contributed by atoms with E-state index in [1.165, 1.54) is 0 Å². The van der Waals surface area contributed by atoms with Crippen molar-refractivity contribution in [2.75, 3.05) is 0 Å². The smallest absolute Gasteiger partial charge is 0.221 e. The van der Waals surface area contributed by atoms with Crippen molar-refractivity contribution < 1.29 is 4.79 Å². The van der Waals surface area contributed by atoms with Crippen molar-refractivity contribution in [1.82, 2.24) is 5.32 Å². The SMILES string of the molecule is C#CCCC(=O)NC(C)(C)C. The van der Waals surface area contributed by atoms with E-state index < -0.39 is 0 Å². The molecule has 1 amide bonds. The highest BCUT2D eigenvalue weighted by Crippen LogP contribution is 1.99. The zero-order valence-corrected chi connectivity index (χ0v) is 7.40. The molecule has 1 N–H and O–H groups in total. The second kappa shape index (κ2) is 4.02. The van der Waals surface area contributed by atoms with Gasteiger partial charge in [-0.1, -0.05) is 0 Å². The molecule has 0 heterocycles. The second-order valence-electron chi connectivity index (χ2n) is 3.50. The number of terminal acetylenes is 1. The summed E-state index contributed by atoms with van der Waals surface area (Å²) in [5, 5.41) is 2.82. The molecule has 0 radical (unpaired) electrons. The van der Waals surface area contributed by atoms with Gasteiger partial charge in [-0.15, -0.1) is 12.3 Å². The second-order valence-corrected chi connectivity index (χ2v) is 3.50. The standard InChI is InChI=1S/C9H15NO/c1-5-6-7-8(11)10-9(2,3)4/h1H,6-7H2,2-4H3,(H,10,11). The van der Waals surface area contributed by atoms with E-state index >= 15 is 0 Å². The maximum atomic E-state index is 11.0. The predicted molar refractivity (Wildman–Crippen MR) is 46.0 cm³/mol. The van der Waals surface area contributed by atoms with Crippen molar-refractivity contribution >= 4 is 5.91 Å². The lowest BCUT2D eigenvalue weighted by molar-refractivity contribution is -0.122. The summed E-state index contributed by atoms with van der Waals surface area (Å²) in [6, 6.07) is 0. The quantitative estimate of drug-likeness (QED) is 0.595. The lowest BCUT2D eigenvalue weighted by atomic mass is 10.1. The number of carbonyl (C=O) groups is 1. The normalized spacial score (nSPS) is 10.4. The molecule has 0 aromatic heterocycles. The number of carbonyl (C=O) groups excluding carboxylic acids is 1. The van der Waals surface area contributed by atoms with Crippen LogP contribution in [-0.4, -0.2) is 11.4 Å². The Hall–Kier alpha value is -0.970. The van der Waals surface area contributed by atoms with Crippen LogP contribution < -0.4 is 5.32 Å². The summed E-state index contributed by atoms with van der Waals surface area (Å²) in [7, 11) is 0. The molecular weight excluding hydrogens is 138 g/mol. The monoisotopic (exact) mass is 153 g/mol. The molecule has 0 spiro atoms. The van der Waals surface area contributed by atoms with Gasteiger partial charge in [-0.3, -0.25) is 4.79 Å². The largest absolute Gasteiger partial charge is 0.351 e. The maximum Gasteiger partial charge on any atom is 0.221 e. The average molecular weight is 153 g/mol. The number of amides is 1. The van der Waals surface area contributed by atoms with E-state index in [1.807, 2.05) is 20.8 Å². The van der Waals surface area contributed by atoms with Gasteiger partial charge >= 0.3 is 0 Å². The summed E-state index contributed by atoms with van der Waals surface area (Å²) >= 11 is 0. The van der Waals surface area contributed by atoms with Crippen LogP contribution in [0.25, 0.3) is 0 Å². The first kappa shape index (κ1) is 10.0. The number of nitrogens with one attached hydrogen (secondary N) is 1. The van der Waals surface area contributed by atoms with Crippen molar-refractivity contribution in [3.8, 4) is 12.3 Å². The Kier molecular flexibility index (Phi) is 3.67. The van der Waals surface area contributed by atoms with Gasteiger partial charge in [0.25, 0.3) is 0 Å². The van der Waals surface area contributed by atoms with Crippen LogP contribution in [0.4, 0.5) is 0 Å². The Balaban J connectivity index is 3.64. The minimum absolute atomic E-state index is 0.0236. The van der Waals surface area contributed by atoms with Crippen LogP contribution in [-0.2, 0) is 4.79 Å². The number of rotatable bonds is 2. The van der Waals surface area contributed by atoms with E-state index in [2.05, 4.69) is 11.2 Å². The van der Waals surface area contributed by atoms with Crippen LogP contribution in [0.5, 0.6) is 0 Å². The molecule has 62 valence electrons. The van der Waals surface area contributed by atoms with Gasteiger partial charge in [0.1, 0.15) is 0 Å². The topological polar surface area (TPSA) is 29.1 Å². The van der Waals surface area contributed by atoms with Gasteiger partial charge in [0.2, 0.25) is 5.91 Å². The summed E-state index contributed by atoms with van der Waals surface area (Å²) in [5.74, 6) is 2.45. The van der Waals surface area contributed by atoms with E-state index in [1.54, 1.807) is 0 Å². The lowest BCUT2D eigenvalue weighted by Gasteiger charge is -2.19. The van der Waals surface area contributed by atoms with E-state index in [9.17, 15) is 4.79 Å². The van der Waals surface area contributed by atoms with E-state index in [0.29, 0.717) is 12.8 Å². The molecule has 2 heteroatoms. The third-order valence-electron chi connectivity index (χ3n) is 1.01. The van der Waals surface area contributed by atoms with Gasteiger partial charge in [0.15, 0.2) is 0 Å². The molecule has 0 bridgehead atoms. The lowest BCUT2D eigenvalue weighted by Crippen LogP contribution is -2.40. The molecule has 0 atom stereocenters. The highest BCUT2D eigenvalue weighted by Gasteiger charge is 2.12. The first-order valence-electron chi connectivity index (χ1n) is 3.70. The molecule has 0 aliphatic rings. The first-order chi connectivity index (χ1) is 4.95. The van der Waals surface area contributed by atoms with Crippen LogP contribution in [0.2, 0.25) is 0 Å². The molecule has 0 aromatic rings. The Morgan fingerprint density at radius 3 is 2.45 bits per heavy atom. The summed E-state index contributed by atoms with van der Waals surface area (Å²) in [6.45, 7) is 5.84. The molecule has 2 nitrogen and oxygen atoms in total. The summed E-state index contributed by atoms with van der Waals surface area (Å²) in [5.41, 5.74) is -0.147. The molecule has 0 saturated carbocycles. The highest BCUT2D eigenvalue weighted by molar-refractivity contribution is 5.76. The van der Waals surface area contributed by atoms with E-state index in [-0.39, 0.29) is 11.4 Å². The van der Waals surface area contributed by atoms with Gasteiger partial charge < -0.3 is 5.32 Å². The Morgan fingerprint density at radius 2 is 2.09 bits per heavy atom. The zero-order valence-electron chi connectivity index (χ0n) is 7.40. The van der Waals surface area contributed by atoms with Gasteiger partial charge in [0, 0.05) is 18.4 Å². The van der Waals surface area contributed by atoms with Crippen molar-refractivity contribution in [3.63, 3.8) is 0 Å². The van der Waals surface area contributed by atoms with Gasteiger partial charge in [-0.25, -0.2) is 0 Å². The number of hydrogen-bond acceptors (Lipinski definition) is 1. The molecule has 0 aliphatic carbocycles. The average Bonchev–Trinajstić information content (AvgIpc) is 1.79. The minimum Gasteiger partial charge on any atom is -0.351 e. The van der Waals surface area contributed by atoms with Crippen LogP contribution in [0.3, 0.4) is 0 Å². The molecular formula is C9H15NO. The Morgan fingerprint density at radius 1 is 1.55 bits per heavy atom. The Bertz CT molecular complexity index is 171. The van der Waals surface area contributed by atoms with Crippen LogP contribution in [0.15, 0.2) is 0 Å². The maximum absolute atomic E-state index is 11.0. The van der Waals surface area contributed by atoms with E-state index in [4.69, 9.17) is 6.42 Å². The van der Waals surface area contributed by atoms with Crippen LogP contribution >= 0.6 is 0 Å². The van der Waals surface area contributed by atoms with Crippen molar-refractivity contribution in [2.45, 2.75) is 39.2 Å². The summed E-state index contributed by atoms with van der Waals surface area (Å²) < 4.78 is 0. The zero-order chi connectivity index (χ0) is 8.91. The van der Waals surface area contributed by atoms with Crippen LogP contribution in [0, 0.1) is 12.3 Å². The fraction of sp³-hybridized carbons (Fsp3) is 0.667.